The molecule has 0 heterocycles. The Balaban J connectivity index is 1.39. The number of rotatable bonds is 9. The van der Waals surface area contributed by atoms with Gasteiger partial charge in [-0.25, -0.2) is 4.79 Å². The molecule has 0 radical (unpaired) electrons. The number of Topliss-reactive ketones (excluding diaryl/α,β-unsaturated/α-hetero) is 2. The minimum absolute atomic E-state index is 0.00127. The number of aliphatic hydroxyl groups is 1. The van der Waals surface area contributed by atoms with E-state index < -0.39 is 47.3 Å². The van der Waals surface area contributed by atoms with Crippen molar-refractivity contribution in [3.8, 4) is 0 Å². The molecule has 4 aliphatic carbocycles. The SMILES string of the molecule is C[C@]12CCC(=O)C=C1CC[C@H]1[C@H]2C(=O)C[C@@]2(C)[C@H]1CC[C@]2(O)C(=O)COC(=O)CCC(=O)N[C@H](CS)C(=O)O. The van der Waals surface area contributed by atoms with Crippen LogP contribution in [0, 0.1) is 28.6 Å². The number of nitrogens with one attached hydrogen (secondary N) is 1. The van der Waals surface area contributed by atoms with E-state index in [-0.39, 0.29) is 66.2 Å². The topological polar surface area (TPSA) is 164 Å². The Labute approximate surface area is 232 Å². The highest BCUT2D eigenvalue weighted by atomic mass is 32.1. The highest BCUT2D eigenvalue weighted by Crippen LogP contribution is 2.66. The molecular weight excluding hydrogens is 526 g/mol. The average Bonchev–Trinajstić information content (AvgIpc) is 3.15. The van der Waals surface area contributed by atoms with E-state index in [1.807, 2.05) is 0 Å². The second-order valence-electron chi connectivity index (χ2n) is 12.0. The van der Waals surface area contributed by atoms with Gasteiger partial charge in [0.15, 0.2) is 12.4 Å². The summed E-state index contributed by atoms with van der Waals surface area (Å²) in [5.41, 5.74) is -2.14. The lowest BCUT2D eigenvalue weighted by Gasteiger charge is -2.57. The van der Waals surface area contributed by atoms with Gasteiger partial charge in [-0.3, -0.25) is 24.0 Å². The summed E-state index contributed by atoms with van der Waals surface area (Å²) in [6, 6.07) is -1.18. The van der Waals surface area contributed by atoms with Crippen LogP contribution in [-0.2, 0) is 33.5 Å². The maximum atomic E-state index is 13.7. The number of thiol groups is 1. The largest absolute Gasteiger partial charge is 0.480 e. The predicted octanol–water partition coefficient (Wildman–Crippen LogP) is 1.82. The van der Waals surface area contributed by atoms with Crippen molar-refractivity contribution in [2.45, 2.75) is 83.3 Å². The maximum Gasteiger partial charge on any atom is 0.327 e. The van der Waals surface area contributed by atoms with E-state index in [4.69, 9.17) is 9.84 Å². The van der Waals surface area contributed by atoms with Crippen molar-refractivity contribution in [3.63, 3.8) is 0 Å². The number of ketones is 3. The fourth-order valence-electron chi connectivity index (χ4n) is 7.85. The lowest BCUT2D eigenvalue weighted by molar-refractivity contribution is -0.173. The third-order valence-electron chi connectivity index (χ3n) is 10.0. The molecule has 1 amide bonds. The molecule has 3 saturated carbocycles. The van der Waals surface area contributed by atoms with Crippen LogP contribution < -0.4 is 5.32 Å². The number of fused-ring (bicyclic) bond motifs is 5. The smallest absolute Gasteiger partial charge is 0.327 e. The Morgan fingerprint density at radius 2 is 1.85 bits per heavy atom. The van der Waals surface area contributed by atoms with Gasteiger partial charge in [-0.2, -0.15) is 12.6 Å². The highest BCUT2D eigenvalue weighted by molar-refractivity contribution is 7.80. The first-order valence-electron chi connectivity index (χ1n) is 13.6. The molecule has 214 valence electrons. The van der Waals surface area contributed by atoms with Crippen LogP contribution in [0.4, 0.5) is 0 Å². The lowest BCUT2D eigenvalue weighted by Crippen LogP contribution is -2.61. The zero-order valence-electron chi connectivity index (χ0n) is 22.4. The number of ether oxygens (including phenoxy) is 1. The van der Waals surface area contributed by atoms with E-state index in [2.05, 4.69) is 24.9 Å². The first-order valence-corrected chi connectivity index (χ1v) is 14.2. The van der Waals surface area contributed by atoms with Gasteiger partial charge < -0.3 is 20.3 Å². The molecule has 3 fully saturated rings. The highest BCUT2D eigenvalue weighted by Gasteiger charge is 2.68. The summed E-state index contributed by atoms with van der Waals surface area (Å²) in [6.07, 6.45) is 4.32. The molecule has 0 aromatic carbocycles. The molecule has 4 aliphatic rings. The molecule has 0 unspecified atom stereocenters. The van der Waals surface area contributed by atoms with Gasteiger partial charge in [0.1, 0.15) is 17.4 Å². The van der Waals surface area contributed by atoms with E-state index in [1.165, 1.54) is 0 Å². The van der Waals surface area contributed by atoms with Gasteiger partial charge in [0, 0.05) is 36.3 Å². The first kappa shape index (κ1) is 29.5. The van der Waals surface area contributed by atoms with Crippen LogP contribution in [-0.4, -0.2) is 69.4 Å². The molecule has 39 heavy (non-hydrogen) atoms. The Bertz CT molecular complexity index is 1130. The van der Waals surface area contributed by atoms with Crippen molar-refractivity contribution in [1.82, 2.24) is 5.32 Å². The normalized spacial score (nSPS) is 36.1. The van der Waals surface area contributed by atoms with Gasteiger partial charge in [0.2, 0.25) is 11.7 Å². The molecule has 7 atom stereocenters. The molecule has 0 saturated heterocycles. The number of carbonyl (C=O) groups excluding carboxylic acids is 5. The van der Waals surface area contributed by atoms with Gasteiger partial charge >= 0.3 is 11.9 Å². The number of carboxylic acids is 1. The minimum atomic E-state index is -1.82. The first-order chi connectivity index (χ1) is 18.3. The monoisotopic (exact) mass is 563 g/mol. The van der Waals surface area contributed by atoms with Crippen molar-refractivity contribution >= 4 is 47.8 Å². The third-order valence-corrected chi connectivity index (χ3v) is 10.4. The molecule has 0 bridgehead atoms. The Kier molecular flexibility index (Phi) is 8.16. The van der Waals surface area contributed by atoms with Crippen LogP contribution in [0.1, 0.15) is 71.6 Å². The predicted molar refractivity (Wildman–Crippen MR) is 141 cm³/mol. The summed E-state index contributed by atoms with van der Waals surface area (Å²) >= 11 is 3.86. The Morgan fingerprint density at radius 1 is 1.13 bits per heavy atom. The molecule has 0 aromatic rings. The standard InChI is InChI=1S/C28H37NO9S/c1-26-9-7-16(30)11-15(26)3-4-17-18-8-10-28(37,27(18,2)12-20(31)24(17)26)21(32)13-38-23(34)6-5-22(33)29-19(14-39)25(35)36/h11,17-19,24,37,39H,3-10,12-14H2,1-2H3,(H,29,33)(H,35,36)/t17-,18+,19-,24+,26+,27+,28+/m1/s1. The zero-order valence-corrected chi connectivity index (χ0v) is 23.3. The number of aliphatic carboxylic acids is 1. The Morgan fingerprint density at radius 3 is 2.51 bits per heavy atom. The maximum absolute atomic E-state index is 13.7. The Hall–Kier alpha value is -2.53. The molecular formula is C28H37NO9S. The molecule has 4 rings (SSSR count). The van der Waals surface area contributed by atoms with Crippen LogP contribution in [0.2, 0.25) is 0 Å². The summed E-state index contributed by atoms with van der Waals surface area (Å²) in [7, 11) is 0. The molecule has 0 aliphatic heterocycles. The van der Waals surface area contributed by atoms with Crippen molar-refractivity contribution < 1.29 is 43.7 Å². The quantitative estimate of drug-likeness (QED) is 0.242. The molecule has 11 heteroatoms. The lowest BCUT2D eigenvalue weighted by atomic mass is 9.46. The van der Waals surface area contributed by atoms with Crippen LogP contribution >= 0.6 is 12.6 Å². The third kappa shape index (κ3) is 5.08. The molecule has 0 aromatic heterocycles. The number of carboxylic acid groups (broad SMARTS) is 1. The van der Waals surface area contributed by atoms with Gasteiger partial charge in [0.05, 0.1) is 6.42 Å². The summed E-state index contributed by atoms with van der Waals surface area (Å²) < 4.78 is 5.08. The van der Waals surface area contributed by atoms with Gasteiger partial charge in [-0.1, -0.05) is 19.4 Å². The molecule has 0 spiro atoms. The van der Waals surface area contributed by atoms with E-state index >= 15 is 0 Å². The van der Waals surface area contributed by atoms with Crippen molar-refractivity contribution in [1.29, 1.82) is 0 Å². The minimum Gasteiger partial charge on any atom is -0.480 e. The zero-order chi connectivity index (χ0) is 28.8. The number of esters is 1. The van der Waals surface area contributed by atoms with Crippen LogP contribution in [0.25, 0.3) is 0 Å². The van der Waals surface area contributed by atoms with Crippen LogP contribution in [0.15, 0.2) is 11.6 Å². The van der Waals surface area contributed by atoms with E-state index in [0.29, 0.717) is 19.3 Å². The summed E-state index contributed by atoms with van der Waals surface area (Å²) in [5.74, 6) is -3.70. The van der Waals surface area contributed by atoms with Crippen molar-refractivity contribution in [3.05, 3.63) is 11.6 Å². The van der Waals surface area contributed by atoms with E-state index in [9.17, 15) is 33.9 Å². The van der Waals surface area contributed by atoms with Crippen LogP contribution in [0.5, 0.6) is 0 Å². The van der Waals surface area contributed by atoms with Crippen LogP contribution in [0.3, 0.4) is 0 Å². The fourth-order valence-corrected chi connectivity index (χ4v) is 8.10. The molecule has 10 nitrogen and oxygen atoms in total. The second-order valence-corrected chi connectivity index (χ2v) is 12.4. The van der Waals surface area contributed by atoms with Crippen molar-refractivity contribution in [2.24, 2.45) is 28.6 Å². The van der Waals surface area contributed by atoms with Crippen molar-refractivity contribution in [2.75, 3.05) is 12.4 Å². The van der Waals surface area contributed by atoms with E-state index in [0.717, 1.165) is 18.4 Å². The number of amides is 1. The average molecular weight is 564 g/mol. The summed E-state index contributed by atoms with van der Waals surface area (Å²) in [4.78, 5) is 74.1. The number of hydrogen-bond acceptors (Lipinski definition) is 9. The summed E-state index contributed by atoms with van der Waals surface area (Å²) in [6.45, 7) is 3.19. The van der Waals surface area contributed by atoms with E-state index in [1.54, 1.807) is 13.0 Å². The second kappa shape index (κ2) is 10.8. The number of carbonyl (C=O) groups is 6. The molecule has 3 N–H and O–H groups in total. The number of hydrogen-bond donors (Lipinski definition) is 4. The van der Waals surface area contributed by atoms with Gasteiger partial charge in [0.25, 0.3) is 0 Å². The number of allylic oxidation sites excluding steroid dienone is 1. The summed E-state index contributed by atoms with van der Waals surface area (Å²) in [5, 5.41) is 22.9. The fraction of sp³-hybridized carbons (Fsp3) is 0.714. The van der Waals surface area contributed by atoms with Gasteiger partial charge in [-0.05, 0) is 55.4 Å². The van der Waals surface area contributed by atoms with Gasteiger partial charge in [-0.15, -0.1) is 0 Å².